The summed E-state index contributed by atoms with van der Waals surface area (Å²) in [5, 5.41) is 9.91. The predicted molar refractivity (Wildman–Crippen MR) is 101 cm³/mol. The molecule has 2 rings (SSSR count). The van der Waals surface area contributed by atoms with Gasteiger partial charge in [0.05, 0.1) is 12.7 Å². The number of benzene rings is 2. The van der Waals surface area contributed by atoms with E-state index in [-0.39, 0.29) is 5.91 Å². The van der Waals surface area contributed by atoms with Crippen LogP contribution in [0.15, 0.2) is 48.5 Å². The smallest absolute Gasteiger partial charge is 0.253 e. The van der Waals surface area contributed by atoms with Crippen molar-refractivity contribution in [2.24, 2.45) is 0 Å². The molecular formula is C21H27NO3. The van der Waals surface area contributed by atoms with Gasteiger partial charge in [-0.3, -0.25) is 4.79 Å². The molecule has 2 aromatic carbocycles. The molecule has 2 aromatic rings. The first-order valence-electron chi connectivity index (χ1n) is 8.77. The van der Waals surface area contributed by atoms with E-state index in [4.69, 9.17) is 4.74 Å². The molecule has 0 aliphatic heterocycles. The largest absolute Gasteiger partial charge is 0.388 e. The van der Waals surface area contributed by atoms with Crippen molar-refractivity contribution in [3.8, 4) is 11.1 Å². The van der Waals surface area contributed by atoms with Gasteiger partial charge in [0.2, 0.25) is 0 Å². The predicted octanol–water partition coefficient (Wildman–Crippen LogP) is 3.91. The summed E-state index contributed by atoms with van der Waals surface area (Å²) in [7, 11) is 1.64. The number of aliphatic hydroxyl groups is 1. The quantitative estimate of drug-likeness (QED) is 0.792. The number of methoxy groups -OCH3 is 1. The SMILES string of the molecule is CC[C@@H](O)c1ccc(-c2cccc(C(=O)N(CC)CCOC)c2)cc1. The minimum Gasteiger partial charge on any atom is -0.388 e. The molecule has 1 amide bonds. The van der Waals surface area contributed by atoms with E-state index < -0.39 is 6.10 Å². The van der Waals surface area contributed by atoms with E-state index in [2.05, 4.69) is 0 Å². The maximum absolute atomic E-state index is 12.7. The third-order valence-electron chi connectivity index (χ3n) is 4.36. The van der Waals surface area contributed by atoms with Crippen LogP contribution in [0, 0.1) is 0 Å². The molecule has 0 radical (unpaired) electrons. The van der Waals surface area contributed by atoms with Crippen LogP contribution in [-0.4, -0.2) is 42.7 Å². The molecule has 0 spiro atoms. The van der Waals surface area contributed by atoms with E-state index in [1.165, 1.54) is 0 Å². The number of nitrogens with zero attached hydrogens (tertiary/aromatic N) is 1. The molecule has 134 valence electrons. The maximum Gasteiger partial charge on any atom is 0.253 e. The lowest BCUT2D eigenvalue weighted by Crippen LogP contribution is -2.33. The van der Waals surface area contributed by atoms with Crippen LogP contribution in [0.1, 0.15) is 42.3 Å². The number of amides is 1. The monoisotopic (exact) mass is 341 g/mol. The summed E-state index contributed by atoms with van der Waals surface area (Å²) in [5.41, 5.74) is 3.61. The van der Waals surface area contributed by atoms with Gasteiger partial charge in [-0.1, -0.05) is 43.3 Å². The fourth-order valence-corrected chi connectivity index (χ4v) is 2.75. The number of hydrogen-bond acceptors (Lipinski definition) is 3. The van der Waals surface area contributed by atoms with Gasteiger partial charge in [0.25, 0.3) is 5.91 Å². The molecule has 0 saturated carbocycles. The second-order valence-electron chi connectivity index (χ2n) is 6.00. The lowest BCUT2D eigenvalue weighted by atomic mass is 9.99. The molecule has 1 atom stereocenters. The number of aliphatic hydroxyl groups excluding tert-OH is 1. The Bertz CT molecular complexity index is 682. The van der Waals surface area contributed by atoms with Crippen molar-refractivity contribution in [3.63, 3.8) is 0 Å². The van der Waals surface area contributed by atoms with Crippen LogP contribution in [-0.2, 0) is 4.74 Å². The van der Waals surface area contributed by atoms with Crippen LogP contribution in [0.3, 0.4) is 0 Å². The van der Waals surface area contributed by atoms with Crippen LogP contribution in [0.4, 0.5) is 0 Å². The van der Waals surface area contributed by atoms with Gasteiger partial charge in [0.15, 0.2) is 0 Å². The highest BCUT2D eigenvalue weighted by Crippen LogP contribution is 2.24. The van der Waals surface area contributed by atoms with Gasteiger partial charge in [-0.15, -0.1) is 0 Å². The van der Waals surface area contributed by atoms with Crippen LogP contribution in [0.25, 0.3) is 11.1 Å². The molecule has 25 heavy (non-hydrogen) atoms. The Kier molecular flexibility index (Phi) is 7.16. The number of carbonyl (C=O) groups excluding carboxylic acids is 1. The average molecular weight is 341 g/mol. The van der Waals surface area contributed by atoms with Gasteiger partial charge < -0.3 is 14.7 Å². The molecule has 0 heterocycles. The van der Waals surface area contributed by atoms with Crippen LogP contribution in [0.5, 0.6) is 0 Å². The van der Waals surface area contributed by atoms with Crippen molar-refractivity contribution in [1.82, 2.24) is 4.90 Å². The van der Waals surface area contributed by atoms with Crippen molar-refractivity contribution in [2.75, 3.05) is 26.8 Å². The van der Waals surface area contributed by atoms with Crippen LogP contribution >= 0.6 is 0 Å². The number of likely N-dealkylation sites (N-methyl/N-ethyl adjacent to an activating group) is 1. The van der Waals surface area contributed by atoms with Gasteiger partial charge in [-0.2, -0.15) is 0 Å². The standard InChI is InChI=1S/C21H27NO3/c1-4-20(23)17-11-9-16(10-12-17)18-7-6-8-19(15-18)21(24)22(5-2)13-14-25-3/h6-12,15,20,23H,4-5,13-14H2,1-3H3/t20-/m1/s1. The highest BCUT2D eigenvalue weighted by atomic mass is 16.5. The number of ether oxygens (including phenoxy) is 1. The van der Waals surface area contributed by atoms with E-state index in [1.807, 2.05) is 62.4 Å². The summed E-state index contributed by atoms with van der Waals surface area (Å²) in [6.07, 6.45) is 0.262. The maximum atomic E-state index is 12.7. The highest BCUT2D eigenvalue weighted by Gasteiger charge is 2.14. The van der Waals surface area contributed by atoms with E-state index >= 15 is 0 Å². The molecule has 4 nitrogen and oxygen atoms in total. The lowest BCUT2D eigenvalue weighted by molar-refractivity contribution is 0.0706. The van der Waals surface area contributed by atoms with Crippen molar-refractivity contribution < 1.29 is 14.6 Å². The minimum atomic E-state index is -0.430. The molecule has 0 fully saturated rings. The van der Waals surface area contributed by atoms with Crippen molar-refractivity contribution in [3.05, 3.63) is 59.7 Å². The van der Waals surface area contributed by atoms with E-state index in [9.17, 15) is 9.90 Å². The summed E-state index contributed by atoms with van der Waals surface area (Å²) in [5.74, 6) is 0.0134. The molecule has 0 aromatic heterocycles. The molecule has 0 aliphatic carbocycles. The topological polar surface area (TPSA) is 49.8 Å². The van der Waals surface area contributed by atoms with E-state index in [1.54, 1.807) is 12.0 Å². The molecule has 0 bridgehead atoms. The molecule has 4 heteroatoms. The molecule has 0 unspecified atom stereocenters. The second kappa shape index (κ2) is 9.35. The third kappa shape index (κ3) is 4.91. The second-order valence-corrected chi connectivity index (χ2v) is 6.00. The Labute approximate surface area is 150 Å². The summed E-state index contributed by atoms with van der Waals surface area (Å²) in [6, 6.07) is 15.5. The highest BCUT2D eigenvalue weighted by molar-refractivity contribution is 5.95. The van der Waals surface area contributed by atoms with Gasteiger partial charge >= 0.3 is 0 Å². The third-order valence-corrected chi connectivity index (χ3v) is 4.36. The van der Waals surface area contributed by atoms with Crippen molar-refractivity contribution in [1.29, 1.82) is 0 Å². The van der Waals surface area contributed by atoms with E-state index in [0.717, 1.165) is 16.7 Å². The van der Waals surface area contributed by atoms with Crippen molar-refractivity contribution >= 4 is 5.91 Å². The molecule has 0 saturated heterocycles. The fourth-order valence-electron chi connectivity index (χ4n) is 2.75. The zero-order valence-electron chi connectivity index (χ0n) is 15.2. The summed E-state index contributed by atoms with van der Waals surface area (Å²) in [6.45, 7) is 5.68. The Morgan fingerprint density at radius 1 is 1.12 bits per heavy atom. The molecule has 0 aliphatic rings. The Morgan fingerprint density at radius 3 is 2.44 bits per heavy atom. The van der Waals surface area contributed by atoms with Crippen LogP contribution < -0.4 is 0 Å². The Morgan fingerprint density at radius 2 is 1.84 bits per heavy atom. The van der Waals surface area contributed by atoms with Gasteiger partial charge in [0.1, 0.15) is 0 Å². The summed E-state index contributed by atoms with van der Waals surface area (Å²) < 4.78 is 5.08. The Balaban J connectivity index is 2.21. The number of hydrogen-bond donors (Lipinski definition) is 1. The van der Waals surface area contributed by atoms with Crippen molar-refractivity contribution in [2.45, 2.75) is 26.4 Å². The van der Waals surface area contributed by atoms with Gasteiger partial charge in [0, 0.05) is 25.8 Å². The van der Waals surface area contributed by atoms with E-state index in [0.29, 0.717) is 31.7 Å². The normalized spacial score (nSPS) is 12.0. The zero-order chi connectivity index (χ0) is 18.2. The number of carbonyl (C=O) groups is 1. The summed E-state index contributed by atoms with van der Waals surface area (Å²) >= 11 is 0. The summed E-state index contributed by atoms with van der Waals surface area (Å²) in [4.78, 5) is 14.5. The minimum absolute atomic E-state index is 0.0134. The molecular weight excluding hydrogens is 314 g/mol. The van der Waals surface area contributed by atoms with Gasteiger partial charge in [-0.05, 0) is 42.2 Å². The average Bonchev–Trinajstić information content (AvgIpc) is 2.68. The lowest BCUT2D eigenvalue weighted by Gasteiger charge is -2.20. The van der Waals surface area contributed by atoms with Crippen LogP contribution in [0.2, 0.25) is 0 Å². The van der Waals surface area contributed by atoms with Gasteiger partial charge in [-0.25, -0.2) is 0 Å². The fraction of sp³-hybridized carbons (Fsp3) is 0.381. The zero-order valence-corrected chi connectivity index (χ0v) is 15.2. The molecule has 1 N–H and O–H groups in total. The first kappa shape index (κ1) is 19.2. The first-order chi connectivity index (χ1) is 12.1. The first-order valence-corrected chi connectivity index (χ1v) is 8.77. The number of rotatable bonds is 8. The Hall–Kier alpha value is -2.17.